The minimum Gasteiger partial charge on any atom is -0.496 e. The van der Waals surface area contributed by atoms with Gasteiger partial charge >= 0.3 is 0 Å². The number of nitrogens with one attached hydrogen (secondary N) is 1. The summed E-state index contributed by atoms with van der Waals surface area (Å²) in [5.74, 6) is 1.34. The monoisotopic (exact) mass is 251 g/mol. The van der Waals surface area contributed by atoms with Gasteiger partial charge in [0.25, 0.3) is 0 Å². The Morgan fingerprint density at radius 3 is 2.33 bits per heavy atom. The van der Waals surface area contributed by atoms with E-state index in [4.69, 9.17) is 4.74 Å². The van der Waals surface area contributed by atoms with E-state index in [1.807, 2.05) is 26.0 Å². The van der Waals surface area contributed by atoms with Crippen LogP contribution in [0.4, 0.5) is 0 Å². The molecule has 0 bridgehead atoms. The second kappa shape index (κ2) is 6.76. The van der Waals surface area contributed by atoms with Crippen molar-refractivity contribution in [1.29, 1.82) is 0 Å². The smallest absolute Gasteiger partial charge is 0.124 e. The van der Waals surface area contributed by atoms with Gasteiger partial charge in [-0.3, -0.25) is 0 Å². The molecule has 102 valence electrons. The van der Waals surface area contributed by atoms with Crippen molar-refractivity contribution in [1.82, 2.24) is 5.32 Å². The Bertz CT molecular complexity index is 388. The number of hydrogen-bond donors (Lipinski definition) is 2. The number of aliphatic hydroxyl groups excluding tert-OH is 1. The van der Waals surface area contributed by atoms with E-state index < -0.39 is 6.10 Å². The van der Waals surface area contributed by atoms with Crippen molar-refractivity contribution < 1.29 is 9.84 Å². The molecule has 1 aromatic carbocycles. The zero-order chi connectivity index (χ0) is 13.7. The molecule has 0 aliphatic rings. The fourth-order valence-corrected chi connectivity index (χ4v) is 1.87. The summed E-state index contributed by atoms with van der Waals surface area (Å²) in [5, 5.41) is 13.5. The lowest BCUT2D eigenvalue weighted by Gasteiger charge is -2.18. The number of aryl methyl sites for hydroxylation is 2. The molecule has 0 spiro atoms. The zero-order valence-corrected chi connectivity index (χ0v) is 12.1. The Morgan fingerprint density at radius 1 is 1.17 bits per heavy atom. The zero-order valence-electron chi connectivity index (χ0n) is 12.1. The second-order valence-electron chi connectivity index (χ2n) is 5.25. The maximum Gasteiger partial charge on any atom is 0.124 e. The van der Waals surface area contributed by atoms with E-state index in [0.717, 1.165) is 17.9 Å². The highest BCUT2D eigenvalue weighted by Crippen LogP contribution is 2.28. The van der Waals surface area contributed by atoms with Crippen molar-refractivity contribution in [2.24, 2.45) is 5.92 Å². The van der Waals surface area contributed by atoms with Gasteiger partial charge in [-0.05, 0) is 49.6 Å². The minimum absolute atomic E-state index is 0.530. The topological polar surface area (TPSA) is 41.5 Å². The van der Waals surface area contributed by atoms with Crippen LogP contribution in [0, 0.1) is 19.8 Å². The van der Waals surface area contributed by atoms with Gasteiger partial charge in [-0.25, -0.2) is 0 Å². The summed E-state index contributed by atoms with van der Waals surface area (Å²) in [6.07, 6.45) is -0.530. The average Bonchev–Trinajstić information content (AvgIpc) is 2.31. The second-order valence-corrected chi connectivity index (χ2v) is 5.25. The van der Waals surface area contributed by atoms with Crippen LogP contribution in [0.3, 0.4) is 0 Å². The minimum atomic E-state index is -0.530. The van der Waals surface area contributed by atoms with Crippen LogP contribution >= 0.6 is 0 Å². The molecule has 0 saturated heterocycles. The molecule has 2 N–H and O–H groups in total. The van der Waals surface area contributed by atoms with Crippen LogP contribution in [-0.4, -0.2) is 25.3 Å². The molecule has 0 amide bonds. The lowest BCUT2D eigenvalue weighted by atomic mass is 10.0. The Hall–Kier alpha value is -1.06. The van der Waals surface area contributed by atoms with E-state index >= 15 is 0 Å². The van der Waals surface area contributed by atoms with Gasteiger partial charge in [-0.15, -0.1) is 0 Å². The van der Waals surface area contributed by atoms with E-state index in [1.54, 1.807) is 7.11 Å². The van der Waals surface area contributed by atoms with Gasteiger partial charge in [0, 0.05) is 12.1 Å². The number of aliphatic hydroxyl groups is 1. The molecule has 0 heterocycles. The van der Waals surface area contributed by atoms with Crippen LogP contribution in [-0.2, 0) is 0 Å². The third-order valence-electron chi connectivity index (χ3n) is 3.10. The molecule has 1 unspecified atom stereocenters. The standard InChI is InChI=1S/C15H25NO2/c1-10(2)8-16-9-14(17)13-6-11(3)12(4)7-15(13)18-5/h6-7,10,14,16-17H,8-9H2,1-5H3. The predicted molar refractivity (Wildman–Crippen MR) is 75.1 cm³/mol. The number of benzene rings is 1. The Balaban J connectivity index is 2.77. The fourth-order valence-electron chi connectivity index (χ4n) is 1.87. The van der Waals surface area contributed by atoms with Crippen molar-refractivity contribution in [3.8, 4) is 5.75 Å². The van der Waals surface area contributed by atoms with Crippen LogP contribution in [0.1, 0.15) is 36.6 Å². The largest absolute Gasteiger partial charge is 0.496 e. The molecule has 0 aliphatic heterocycles. The van der Waals surface area contributed by atoms with E-state index in [0.29, 0.717) is 12.5 Å². The summed E-state index contributed by atoms with van der Waals surface area (Å²) in [6.45, 7) is 9.85. The van der Waals surface area contributed by atoms with Crippen LogP contribution in [0.2, 0.25) is 0 Å². The first-order valence-corrected chi connectivity index (χ1v) is 6.49. The highest BCUT2D eigenvalue weighted by molar-refractivity contribution is 5.43. The predicted octanol–water partition coefficient (Wildman–Crippen LogP) is 2.59. The van der Waals surface area contributed by atoms with Gasteiger partial charge in [-0.2, -0.15) is 0 Å². The highest BCUT2D eigenvalue weighted by Gasteiger charge is 2.14. The Labute approximate surface area is 110 Å². The number of hydrogen-bond acceptors (Lipinski definition) is 3. The molecule has 0 fully saturated rings. The van der Waals surface area contributed by atoms with Gasteiger partial charge < -0.3 is 15.2 Å². The Kier molecular flexibility index (Phi) is 5.63. The van der Waals surface area contributed by atoms with E-state index in [1.165, 1.54) is 11.1 Å². The van der Waals surface area contributed by atoms with Crippen molar-refractivity contribution in [3.63, 3.8) is 0 Å². The van der Waals surface area contributed by atoms with Crippen LogP contribution < -0.4 is 10.1 Å². The van der Waals surface area contributed by atoms with Crippen LogP contribution in [0.15, 0.2) is 12.1 Å². The SMILES string of the molecule is COc1cc(C)c(C)cc1C(O)CNCC(C)C. The molecule has 1 aromatic rings. The van der Waals surface area contributed by atoms with Crippen molar-refractivity contribution >= 4 is 0 Å². The highest BCUT2D eigenvalue weighted by atomic mass is 16.5. The van der Waals surface area contributed by atoms with Crippen molar-refractivity contribution in [2.75, 3.05) is 20.2 Å². The lowest BCUT2D eigenvalue weighted by Crippen LogP contribution is -2.25. The first-order chi connectivity index (χ1) is 8.45. The van der Waals surface area contributed by atoms with Crippen LogP contribution in [0.25, 0.3) is 0 Å². The number of methoxy groups -OCH3 is 1. The van der Waals surface area contributed by atoms with E-state index in [-0.39, 0.29) is 0 Å². The first kappa shape index (κ1) is 15.0. The van der Waals surface area contributed by atoms with Gasteiger partial charge in [-0.1, -0.05) is 13.8 Å². The molecule has 1 rings (SSSR count). The maximum absolute atomic E-state index is 10.2. The van der Waals surface area contributed by atoms with E-state index in [2.05, 4.69) is 19.2 Å². The summed E-state index contributed by atoms with van der Waals surface area (Å²) < 4.78 is 5.34. The molecule has 3 nitrogen and oxygen atoms in total. The number of ether oxygens (including phenoxy) is 1. The maximum atomic E-state index is 10.2. The third kappa shape index (κ3) is 4.00. The molecule has 1 atom stereocenters. The summed E-state index contributed by atoms with van der Waals surface area (Å²) in [4.78, 5) is 0. The average molecular weight is 251 g/mol. The van der Waals surface area contributed by atoms with Crippen LogP contribution in [0.5, 0.6) is 5.75 Å². The number of rotatable bonds is 6. The normalized spacial score (nSPS) is 12.8. The first-order valence-electron chi connectivity index (χ1n) is 6.49. The molecule has 18 heavy (non-hydrogen) atoms. The molecule has 0 aliphatic carbocycles. The third-order valence-corrected chi connectivity index (χ3v) is 3.10. The summed E-state index contributed by atoms with van der Waals surface area (Å²) >= 11 is 0. The Morgan fingerprint density at radius 2 is 1.78 bits per heavy atom. The van der Waals surface area contributed by atoms with Crippen molar-refractivity contribution in [2.45, 2.75) is 33.8 Å². The fraction of sp³-hybridized carbons (Fsp3) is 0.600. The molecule has 0 aromatic heterocycles. The van der Waals surface area contributed by atoms with E-state index in [9.17, 15) is 5.11 Å². The van der Waals surface area contributed by atoms with Gasteiger partial charge in [0.2, 0.25) is 0 Å². The summed E-state index contributed by atoms with van der Waals surface area (Å²) in [5.41, 5.74) is 3.21. The molecular formula is C15H25NO2. The molecule has 0 radical (unpaired) electrons. The van der Waals surface area contributed by atoms with Crippen molar-refractivity contribution in [3.05, 3.63) is 28.8 Å². The molecule has 3 heteroatoms. The lowest BCUT2D eigenvalue weighted by molar-refractivity contribution is 0.169. The van der Waals surface area contributed by atoms with Gasteiger partial charge in [0.15, 0.2) is 0 Å². The summed E-state index contributed by atoms with van der Waals surface area (Å²) in [6, 6.07) is 3.99. The van der Waals surface area contributed by atoms with Gasteiger partial charge in [0.1, 0.15) is 5.75 Å². The quantitative estimate of drug-likeness (QED) is 0.816. The summed E-state index contributed by atoms with van der Waals surface area (Å²) in [7, 11) is 1.64. The van der Waals surface area contributed by atoms with Gasteiger partial charge in [0.05, 0.1) is 13.2 Å². The molecular weight excluding hydrogens is 226 g/mol. The molecule has 0 saturated carbocycles.